The third-order valence-corrected chi connectivity index (χ3v) is 8.20. The second-order valence-electron chi connectivity index (χ2n) is 11.3. The summed E-state index contributed by atoms with van der Waals surface area (Å²) in [5, 5.41) is 3.03. The van der Waals surface area contributed by atoms with Gasteiger partial charge in [-0.05, 0) is 54.7 Å². The number of aryl methyl sites for hydroxylation is 1. The Balaban J connectivity index is 1.24. The van der Waals surface area contributed by atoms with Crippen molar-refractivity contribution in [2.45, 2.75) is 50.5 Å². The molecule has 5 aliphatic rings. The summed E-state index contributed by atoms with van der Waals surface area (Å²) in [5.74, 6) is 1.09. The summed E-state index contributed by atoms with van der Waals surface area (Å²) < 4.78 is 23.0. The first-order chi connectivity index (χ1) is 20.9. The molecule has 3 fully saturated rings. The SMILES string of the molecule is COc1cc2ccc1Oc1cccc(c1)CO[C@H]1CN(C(=O)CN3CCOC3=O)C[C@@H]1NC(=O)CN(C1CC1)C(=O)CC2. The minimum Gasteiger partial charge on any atom is -0.493 e. The van der Waals surface area contributed by atoms with Crippen molar-refractivity contribution in [1.29, 1.82) is 0 Å². The van der Waals surface area contributed by atoms with Crippen molar-refractivity contribution in [2.75, 3.05) is 46.4 Å². The second kappa shape index (κ2) is 12.5. The van der Waals surface area contributed by atoms with Crippen LogP contribution in [0.1, 0.15) is 30.4 Å². The van der Waals surface area contributed by atoms with E-state index in [0.717, 1.165) is 24.0 Å². The van der Waals surface area contributed by atoms with Crippen molar-refractivity contribution < 1.29 is 38.1 Å². The van der Waals surface area contributed by atoms with Gasteiger partial charge in [0.25, 0.3) is 0 Å². The van der Waals surface area contributed by atoms with Crippen LogP contribution in [0.2, 0.25) is 0 Å². The van der Waals surface area contributed by atoms with Crippen LogP contribution in [0.5, 0.6) is 17.2 Å². The molecule has 2 atom stereocenters. The fourth-order valence-corrected chi connectivity index (χ4v) is 5.71. The average Bonchev–Trinajstić information content (AvgIpc) is 3.65. The summed E-state index contributed by atoms with van der Waals surface area (Å²) in [6.07, 6.45) is 1.48. The fourth-order valence-electron chi connectivity index (χ4n) is 5.71. The molecule has 7 rings (SSSR count). The maximum absolute atomic E-state index is 13.3. The summed E-state index contributed by atoms with van der Waals surface area (Å²) in [6.45, 7) is 1.16. The molecule has 4 aliphatic heterocycles. The topological polar surface area (TPSA) is 127 Å². The third-order valence-electron chi connectivity index (χ3n) is 8.20. The lowest BCUT2D eigenvalue weighted by Crippen LogP contribution is -2.49. The number of nitrogens with one attached hydrogen (secondary N) is 1. The van der Waals surface area contributed by atoms with E-state index < -0.39 is 18.2 Å². The van der Waals surface area contributed by atoms with E-state index in [-0.39, 0.29) is 69.6 Å². The Bertz CT molecular complexity index is 1400. The minimum absolute atomic E-state index is 0.0536. The number of likely N-dealkylation sites (tertiary alicyclic amines) is 1. The van der Waals surface area contributed by atoms with Crippen LogP contribution in [0.3, 0.4) is 0 Å². The number of carbonyl (C=O) groups excluding carboxylic acids is 4. The Morgan fingerprint density at radius 1 is 1.05 bits per heavy atom. The number of rotatable bonds is 4. The zero-order chi connectivity index (χ0) is 29.9. The van der Waals surface area contributed by atoms with E-state index in [4.69, 9.17) is 18.9 Å². The van der Waals surface area contributed by atoms with Crippen LogP contribution < -0.4 is 14.8 Å². The van der Waals surface area contributed by atoms with E-state index in [2.05, 4.69) is 5.32 Å². The Hall–Kier alpha value is -4.32. The van der Waals surface area contributed by atoms with Crippen molar-refractivity contribution in [1.82, 2.24) is 20.0 Å². The smallest absolute Gasteiger partial charge is 0.410 e. The Labute approximate surface area is 249 Å². The molecule has 12 heteroatoms. The van der Waals surface area contributed by atoms with Gasteiger partial charge in [-0.25, -0.2) is 4.79 Å². The molecule has 0 aromatic heterocycles. The lowest BCUT2D eigenvalue weighted by atomic mass is 10.1. The molecular weight excluding hydrogens is 556 g/mol. The Morgan fingerprint density at radius 2 is 1.91 bits per heavy atom. The van der Waals surface area contributed by atoms with Gasteiger partial charge in [0, 0.05) is 25.6 Å². The Kier molecular flexibility index (Phi) is 8.37. The average molecular weight is 593 g/mol. The molecule has 1 N–H and O–H groups in total. The van der Waals surface area contributed by atoms with Crippen LogP contribution >= 0.6 is 0 Å². The number of fused-ring (bicyclic) bond motifs is 9. The van der Waals surface area contributed by atoms with Gasteiger partial charge in [0.05, 0.1) is 39.0 Å². The van der Waals surface area contributed by atoms with E-state index in [1.165, 1.54) is 4.90 Å². The highest BCUT2D eigenvalue weighted by Gasteiger charge is 2.40. The van der Waals surface area contributed by atoms with Gasteiger partial charge in [-0.3, -0.25) is 19.3 Å². The molecule has 2 saturated heterocycles. The van der Waals surface area contributed by atoms with Gasteiger partial charge in [0.1, 0.15) is 18.9 Å². The van der Waals surface area contributed by atoms with Crippen molar-refractivity contribution in [2.24, 2.45) is 0 Å². The van der Waals surface area contributed by atoms with Gasteiger partial charge < -0.3 is 34.1 Å². The van der Waals surface area contributed by atoms with Gasteiger partial charge in [-0.15, -0.1) is 0 Å². The van der Waals surface area contributed by atoms with E-state index >= 15 is 0 Å². The number of hydrogen-bond donors (Lipinski definition) is 1. The quantitative estimate of drug-likeness (QED) is 0.572. The number of methoxy groups -OCH3 is 1. The molecule has 2 aromatic carbocycles. The summed E-state index contributed by atoms with van der Waals surface area (Å²) in [7, 11) is 1.58. The number of cyclic esters (lactones) is 1. The summed E-state index contributed by atoms with van der Waals surface area (Å²) in [5.41, 5.74) is 1.78. The van der Waals surface area contributed by atoms with E-state index in [9.17, 15) is 19.2 Å². The van der Waals surface area contributed by atoms with Crippen molar-refractivity contribution in [3.05, 3.63) is 53.6 Å². The molecule has 2 aromatic rings. The van der Waals surface area contributed by atoms with Crippen LogP contribution in [0, 0.1) is 0 Å². The molecule has 4 heterocycles. The zero-order valence-electron chi connectivity index (χ0n) is 24.2. The van der Waals surface area contributed by atoms with E-state index in [0.29, 0.717) is 30.2 Å². The first kappa shape index (κ1) is 28.8. The molecule has 43 heavy (non-hydrogen) atoms. The molecule has 0 unspecified atom stereocenters. The predicted molar refractivity (Wildman–Crippen MR) is 153 cm³/mol. The number of hydrogen-bond acceptors (Lipinski definition) is 8. The number of amides is 4. The zero-order valence-corrected chi connectivity index (χ0v) is 24.2. The van der Waals surface area contributed by atoms with Gasteiger partial charge in [-0.1, -0.05) is 18.2 Å². The largest absolute Gasteiger partial charge is 0.493 e. The molecule has 0 spiro atoms. The molecule has 1 saturated carbocycles. The highest BCUT2D eigenvalue weighted by Crippen LogP contribution is 2.34. The fraction of sp³-hybridized carbons (Fsp3) is 0.484. The lowest BCUT2D eigenvalue weighted by Gasteiger charge is -2.25. The number of benzene rings is 2. The molecular formula is C31H36N4O8. The first-order valence-corrected chi connectivity index (χ1v) is 14.7. The van der Waals surface area contributed by atoms with Crippen LogP contribution in [0.25, 0.3) is 0 Å². The van der Waals surface area contributed by atoms with Crippen molar-refractivity contribution in [3.8, 4) is 17.2 Å². The molecule has 12 nitrogen and oxygen atoms in total. The van der Waals surface area contributed by atoms with Crippen LogP contribution in [0.4, 0.5) is 4.79 Å². The van der Waals surface area contributed by atoms with E-state index in [1.54, 1.807) is 16.9 Å². The van der Waals surface area contributed by atoms with Gasteiger partial charge >= 0.3 is 6.09 Å². The van der Waals surface area contributed by atoms with Crippen molar-refractivity contribution >= 4 is 23.8 Å². The summed E-state index contributed by atoms with van der Waals surface area (Å²) in [6, 6.07) is 12.7. The normalized spacial score (nSPS) is 23.1. The standard InChI is InChI=1S/C31H36N4O8/c1-40-26-14-20-5-9-25(26)43-23-4-2-3-21(13-23)19-42-27-16-34(30(38)18-33-11-12-41-31(33)39)15-24(27)32-28(36)17-35(22-7-8-22)29(37)10-6-20/h2-5,9,13-14,22,24,27H,6-8,10-12,15-19H2,1H3,(H,32,36)/t24-,27-/m0/s1. The van der Waals surface area contributed by atoms with Crippen LogP contribution in [-0.2, 0) is 36.9 Å². The number of nitrogens with zero attached hydrogens (tertiary/aromatic N) is 3. The first-order valence-electron chi connectivity index (χ1n) is 14.7. The summed E-state index contributed by atoms with van der Waals surface area (Å²) >= 11 is 0. The molecule has 4 amide bonds. The second-order valence-corrected chi connectivity index (χ2v) is 11.3. The third kappa shape index (κ3) is 6.85. The molecule has 0 radical (unpaired) electrons. The Morgan fingerprint density at radius 3 is 2.67 bits per heavy atom. The lowest BCUT2D eigenvalue weighted by molar-refractivity contribution is -0.137. The highest BCUT2D eigenvalue weighted by molar-refractivity contribution is 5.86. The highest BCUT2D eigenvalue weighted by atomic mass is 16.6. The van der Waals surface area contributed by atoms with Gasteiger partial charge in [-0.2, -0.15) is 0 Å². The minimum atomic E-state index is -0.509. The predicted octanol–water partition coefficient (Wildman–Crippen LogP) is 2.09. The van der Waals surface area contributed by atoms with Crippen LogP contribution in [0.15, 0.2) is 42.5 Å². The molecule has 1 aliphatic carbocycles. The van der Waals surface area contributed by atoms with Gasteiger partial charge in [0.2, 0.25) is 17.7 Å². The van der Waals surface area contributed by atoms with Crippen LogP contribution in [-0.4, -0.2) is 103 Å². The maximum atomic E-state index is 13.3. The van der Waals surface area contributed by atoms with E-state index in [1.807, 2.05) is 42.5 Å². The maximum Gasteiger partial charge on any atom is 0.410 e. The molecule has 228 valence electrons. The number of carbonyl (C=O) groups is 4. The monoisotopic (exact) mass is 592 g/mol. The van der Waals surface area contributed by atoms with Crippen molar-refractivity contribution in [3.63, 3.8) is 0 Å². The van der Waals surface area contributed by atoms with Gasteiger partial charge in [0.15, 0.2) is 11.5 Å². The number of ether oxygens (including phenoxy) is 4. The molecule has 4 bridgehead atoms. The summed E-state index contributed by atoms with van der Waals surface area (Å²) in [4.78, 5) is 56.2.